The molecule has 10 heteroatoms. The zero-order valence-corrected chi connectivity index (χ0v) is 28.0. The molecule has 1 aromatic carbocycles. The van der Waals surface area contributed by atoms with Crippen LogP contribution in [0.1, 0.15) is 95.7 Å². The number of ether oxygens (including phenoxy) is 1. The van der Waals surface area contributed by atoms with Gasteiger partial charge in [0.05, 0.1) is 34.0 Å². The first-order chi connectivity index (χ1) is 21.9. The Balaban J connectivity index is 1.21. The van der Waals surface area contributed by atoms with Crippen LogP contribution < -0.4 is 9.46 Å². The molecule has 9 nitrogen and oxygen atoms in total. The van der Waals surface area contributed by atoms with Gasteiger partial charge >= 0.3 is 0 Å². The fourth-order valence-corrected chi connectivity index (χ4v) is 9.36. The molecule has 3 aliphatic heterocycles. The zero-order chi connectivity index (χ0) is 32.5. The summed E-state index contributed by atoms with van der Waals surface area (Å²) in [5, 5.41) is 1.06. The van der Waals surface area contributed by atoms with E-state index in [1.165, 1.54) is 0 Å². The van der Waals surface area contributed by atoms with E-state index < -0.39 is 37.7 Å². The van der Waals surface area contributed by atoms with E-state index in [9.17, 15) is 22.8 Å². The Bertz CT molecular complexity index is 1750. The van der Waals surface area contributed by atoms with E-state index in [4.69, 9.17) is 9.72 Å². The number of amides is 2. The topological polar surface area (TPSA) is 123 Å². The number of fused-ring (bicyclic) bond motifs is 5. The molecule has 2 aromatic rings. The SMILES string of the molecule is Cc1nc2ccccc2c2c1O[C@]1(CC2)C[C@H]2C(=O)C[C@]3(C(=O)NS(=O)(=O)C4(C)CC4)C[C@H]3/C=C\CCCCC[C@H](C)C(=O)N2C1. The van der Waals surface area contributed by atoms with Gasteiger partial charge in [-0.25, -0.2) is 13.4 Å². The first-order valence-electron chi connectivity index (χ1n) is 17.0. The molecule has 1 saturated heterocycles. The third-order valence-corrected chi connectivity index (χ3v) is 13.7. The molecule has 2 amide bonds. The first kappa shape index (κ1) is 31.3. The second-order valence-electron chi connectivity index (χ2n) is 15.0. The lowest BCUT2D eigenvalue weighted by Crippen LogP contribution is -2.47. The van der Waals surface area contributed by atoms with Gasteiger partial charge in [0.1, 0.15) is 11.4 Å². The minimum absolute atomic E-state index is 0.0546. The minimum atomic E-state index is -3.86. The number of hydrogen-bond donors (Lipinski definition) is 1. The average molecular weight is 648 g/mol. The van der Waals surface area contributed by atoms with Crippen molar-refractivity contribution in [1.82, 2.24) is 14.6 Å². The van der Waals surface area contributed by atoms with Gasteiger partial charge in [0.15, 0.2) is 5.78 Å². The van der Waals surface area contributed by atoms with E-state index in [1.54, 1.807) is 11.8 Å². The van der Waals surface area contributed by atoms with E-state index >= 15 is 0 Å². The Morgan fingerprint density at radius 2 is 1.87 bits per heavy atom. The van der Waals surface area contributed by atoms with E-state index in [1.807, 2.05) is 38.1 Å². The van der Waals surface area contributed by atoms with Crippen LogP contribution in [0.15, 0.2) is 36.4 Å². The maximum Gasteiger partial charge on any atom is 0.240 e. The second kappa shape index (κ2) is 11.2. The molecule has 7 rings (SSSR count). The number of para-hydroxylation sites is 1. The highest BCUT2D eigenvalue weighted by Crippen LogP contribution is 2.58. The first-order valence-corrected chi connectivity index (χ1v) is 18.5. The van der Waals surface area contributed by atoms with Gasteiger partial charge in [-0.2, -0.15) is 0 Å². The molecule has 5 atom stereocenters. The van der Waals surface area contributed by atoms with Crippen molar-refractivity contribution in [3.63, 3.8) is 0 Å². The molecule has 246 valence electrons. The number of nitrogens with zero attached hydrogens (tertiary/aromatic N) is 2. The average Bonchev–Trinajstić information content (AvgIpc) is 3.91. The number of benzene rings is 1. The molecule has 5 aliphatic rings. The number of pyridine rings is 1. The number of aromatic nitrogens is 1. The lowest BCUT2D eigenvalue weighted by atomic mass is 9.85. The summed E-state index contributed by atoms with van der Waals surface area (Å²) in [5.74, 6) is -0.574. The number of aryl methyl sites for hydroxylation is 2. The van der Waals surface area contributed by atoms with Gasteiger partial charge in [0.2, 0.25) is 21.8 Å². The Morgan fingerprint density at radius 3 is 2.65 bits per heavy atom. The highest BCUT2D eigenvalue weighted by Gasteiger charge is 2.63. The summed E-state index contributed by atoms with van der Waals surface area (Å²) in [5.41, 5.74) is 0.938. The van der Waals surface area contributed by atoms with Crippen molar-refractivity contribution in [2.75, 3.05) is 6.54 Å². The largest absolute Gasteiger partial charge is 0.483 e. The number of allylic oxidation sites excluding steroid dienone is 2. The number of nitrogens with one attached hydrogen (secondary N) is 1. The Labute approximate surface area is 271 Å². The number of carbonyl (C=O) groups is 3. The Kier molecular flexibility index (Phi) is 7.61. The molecule has 2 aliphatic carbocycles. The van der Waals surface area contributed by atoms with Gasteiger partial charge in [0, 0.05) is 29.7 Å². The smallest absolute Gasteiger partial charge is 0.240 e. The Hall–Kier alpha value is -3.27. The van der Waals surface area contributed by atoms with Crippen LogP contribution in [0.4, 0.5) is 0 Å². The van der Waals surface area contributed by atoms with Crippen LogP contribution in [-0.2, 0) is 30.8 Å². The number of ketones is 1. The standard InChI is InChI=1S/C36H45N3O6S/c1-23-11-7-5-4-6-8-12-25-19-36(25,33(42)38-46(43,44)34(3)17-18-34)21-30(40)29-20-35(22-39(29)32(23)41)16-15-27-26-13-9-10-14-28(26)37-24(2)31(27)45-35/h8-10,12-14,23,25,29H,4-7,11,15-22H2,1-3H3,(H,38,42)/b12-8-/t23-,25+,29-,35+,36+/m0/s1. The van der Waals surface area contributed by atoms with Crippen molar-refractivity contribution < 1.29 is 27.5 Å². The minimum Gasteiger partial charge on any atom is -0.483 e. The molecule has 46 heavy (non-hydrogen) atoms. The van der Waals surface area contributed by atoms with E-state index in [0.717, 1.165) is 66.4 Å². The summed E-state index contributed by atoms with van der Waals surface area (Å²) in [6.07, 6.45) is 11.6. The van der Waals surface area contributed by atoms with Gasteiger partial charge in [-0.15, -0.1) is 0 Å². The van der Waals surface area contributed by atoms with Crippen molar-refractivity contribution in [2.45, 2.75) is 114 Å². The van der Waals surface area contributed by atoms with Gasteiger partial charge in [0.25, 0.3) is 0 Å². The molecule has 0 bridgehead atoms. The third kappa shape index (κ3) is 5.34. The van der Waals surface area contributed by atoms with Crippen LogP contribution in [-0.4, -0.2) is 58.8 Å². The van der Waals surface area contributed by atoms with Gasteiger partial charge < -0.3 is 9.64 Å². The molecule has 0 radical (unpaired) electrons. The summed E-state index contributed by atoms with van der Waals surface area (Å²) in [6, 6.07) is 7.28. The molecular weight excluding hydrogens is 602 g/mol. The predicted octanol–water partition coefficient (Wildman–Crippen LogP) is 5.33. The zero-order valence-electron chi connectivity index (χ0n) is 27.1. The van der Waals surface area contributed by atoms with Crippen molar-refractivity contribution in [3.05, 3.63) is 47.7 Å². The molecule has 0 unspecified atom stereocenters. The maximum atomic E-state index is 14.4. The number of hydrogen-bond acceptors (Lipinski definition) is 7. The van der Waals surface area contributed by atoms with Gasteiger partial charge in [-0.3, -0.25) is 19.1 Å². The summed E-state index contributed by atoms with van der Waals surface area (Å²) in [4.78, 5) is 48.8. The van der Waals surface area contributed by atoms with Crippen LogP contribution in [0.2, 0.25) is 0 Å². The number of Topliss-reactive ketones (excluding diaryl/α,β-unsaturated/α-hetero) is 1. The van der Waals surface area contributed by atoms with Crippen molar-refractivity contribution in [1.29, 1.82) is 0 Å². The normalized spacial score (nSPS) is 33.2. The van der Waals surface area contributed by atoms with Gasteiger partial charge in [-0.05, 0) is 77.2 Å². The molecule has 4 heterocycles. The van der Waals surface area contributed by atoms with Gasteiger partial charge in [-0.1, -0.05) is 50.1 Å². The van der Waals surface area contributed by atoms with Crippen LogP contribution in [0.3, 0.4) is 0 Å². The molecular formula is C36H45N3O6S. The summed E-state index contributed by atoms with van der Waals surface area (Å²) in [6.45, 7) is 5.83. The van der Waals surface area contributed by atoms with Crippen LogP contribution in [0, 0.1) is 24.2 Å². The molecule has 2 saturated carbocycles. The maximum absolute atomic E-state index is 14.4. The molecule has 1 N–H and O–H groups in total. The summed E-state index contributed by atoms with van der Waals surface area (Å²) < 4.78 is 34.4. The summed E-state index contributed by atoms with van der Waals surface area (Å²) in [7, 11) is -3.86. The molecule has 1 spiro atoms. The lowest BCUT2D eigenvalue weighted by molar-refractivity contribution is -0.142. The van der Waals surface area contributed by atoms with E-state index in [2.05, 4.69) is 16.9 Å². The van der Waals surface area contributed by atoms with Crippen molar-refractivity contribution in [3.8, 4) is 5.75 Å². The fraction of sp³-hybridized carbons (Fsp3) is 0.611. The van der Waals surface area contributed by atoms with Crippen molar-refractivity contribution >= 4 is 38.5 Å². The number of sulfonamides is 1. The number of rotatable bonds is 3. The highest BCUT2D eigenvalue weighted by molar-refractivity contribution is 7.91. The second-order valence-corrected chi connectivity index (χ2v) is 17.2. The van der Waals surface area contributed by atoms with Crippen molar-refractivity contribution in [2.24, 2.45) is 17.3 Å². The lowest BCUT2D eigenvalue weighted by Gasteiger charge is -2.36. The van der Waals surface area contributed by atoms with Crippen LogP contribution >= 0.6 is 0 Å². The fourth-order valence-electron chi connectivity index (χ4n) is 8.03. The quantitative estimate of drug-likeness (QED) is 0.447. The molecule has 1 aromatic heterocycles. The third-order valence-electron chi connectivity index (χ3n) is 11.5. The molecule has 3 fully saturated rings. The monoisotopic (exact) mass is 647 g/mol. The van der Waals surface area contributed by atoms with Crippen LogP contribution in [0.25, 0.3) is 10.9 Å². The van der Waals surface area contributed by atoms with Crippen LogP contribution in [0.5, 0.6) is 5.75 Å². The highest BCUT2D eigenvalue weighted by atomic mass is 32.2. The predicted molar refractivity (Wildman–Crippen MR) is 175 cm³/mol. The number of carbonyl (C=O) groups excluding carboxylic acids is 3. The van der Waals surface area contributed by atoms with E-state index in [-0.39, 0.29) is 29.9 Å². The Morgan fingerprint density at radius 1 is 1.09 bits per heavy atom. The summed E-state index contributed by atoms with van der Waals surface area (Å²) >= 11 is 0. The van der Waals surface area contributed by atoms with E-state index in [0.29, 0.717) is 38.6 Å².